The van der Waals surface area contributed by atoms with E-state index in [1.807, 2.05) is 23.6 Å². The highest BCUT2D eigenvalue weighted by Crippen LogP contribution is 2.27. The van der Waals surface area contributed by atoms with Gasteiger partial charge < -0.3 is 19.9 Å². The summed E-state index contributed by atoms with van der Waals surface area (Å²) in [6.45, 7) is 2.03. The number of carbonyl (C=O) groups is 2. The van der Waals surface area contributed by atoms with Gasteiger partial charge in [0.25, 0.3) is 0 Å². The van der Waals surface area contributed by atoms with E-state index in [4.69, 9.17) is 14.6 Å². The molecule has 0 bridgehead atoms. The Labute approximate surface area is 134 Å². The summed E-state index contributed by atoms with van der Waals surface area (Å²) in [4.78, 5) is 22.0. The summed E-state index contributed by atoms with van der Waals surface area (Å²) in [5.41, 5.74) is 3.24. The van der Waals surface area contributed by atoms with Gasteiger partial charge in [-0.25, -0.2) is 10.2 Å². The molecule has 0 aromatic heterocycles. The minimum atomic E-state index is -1.27. The molecule has 0 heterocycles. The highest BCUT2D eigenvalue weighted by atomic mass is 16.5. The number of carbonyl (C=O) groups excluding carboxylic acids is 1. The smallest absolute Gasteiger partial charge is 0.425 e. The molecule has 3 N–H and O–H groups in total. The summed E-state index contributed by atoms with van der Waals surface area (Å²) in [6, 6.07) is 5.57. The van der Waals surface area contributed by atoms with E-state index in [1.54, 1.807) is 21.1 Å². The molecule has 0 aliphatic rings. The van der Waals surface area contributed by atoms with Gasteiger partial charge in [0.1, 0.15) is 0 Å². The van der Waals surface area contributed by atoms with Crippen LogP contribution in [0.15, 0.2) is 23.3 Å². The Morgan fingerprint density at radius 3 is 2.52 bits per heavy atom. The minimum Gasteiger partial charge on any atom is -0.493 e. The lowest BCUT2D eigenvalue weighted by Gasteiger charge is -2.10. The lowest BCUT2D eigenvalue weighted by atomic mass is 10.1. The standard InChI is InChI=1S/C15H21N3O5/c1-10(17-18-15(20)21)8-14(19)16-7-6-11-4-5-12(22-2)13(9-11)23-3/h4-5,9,18H,6-8H2,1-3H3,(H,16,19)(H,20,21). The molecule has 1 aromatic rings. The first-order valence-corrected chi connectivity index (χ1v) is 6.96. The van der Waals surface area contributed by atoms with Crippen LogP contribution in [0.5, 0.6) is 11.5 Å². The van der Waals surface area contributed by atoms with Crippen LogP contribution in [0.3, 0.4) is 0 Å². The van der Waals surface area contributed by atoms with E-state index in [1.165, 1.54) is 0 Å². The molecule has 1 aromatic carbocycles. The molecular formula is C15H21N3O5. The second kappa shape index (κ2) is 9.29. The van der Waals surface area contributed by atoms with Crippen LogP contribution >= 0.6 is 0 Å². The van der Waals surface area contributed by atoms with E-state index in [9.17, 15) is 9.59 Å². The van der Waals surface area contributed by atoms with Crippen molar-refractivity contribution in [3.63, 3.8) is 0 Å². The van der Waals surface area contributed by atoms with Gasteiger partial charge in [0.15, 0.2) is 11.5 Å². The lowest BCUT2D eigenvalue weighted by Crippen LogP contribution is -2.28. The van der Waals surface area contributed by atoms with E-state index in [2.05, 4.69) is 10.4 Å². The first-order chi connectivity index (χ1) is 11.0. The van der Waals surface area contributed by atoms with Crippen molar-refractivity contribution in [3.8, 4) is 11.5 Å². The number of nitrogens with one attached hydrogen (secondary N) is 2. The summed E-state index contributed by atoms with van der Waals surface area (Å²) >= 11 is 0. The van der Waals surface area contributed by atoms with Crippen LogP contribution in [-0.4, -0.2) is 43.6 Å². The fraction of sp³-hybridized carbons (Fsp3) is 0.400. The molecule has 8 heteroatoms. The molecular weight excluding hydrogens is 302 g/mol. The number of hydrazone groups is 1. The molecule has 0 unspecified atom stereocenters. The Bertz CT molecular complexity index is 586. The molecule has 8 nitrogen and oxygen atoms in total. The number of carboxylic acid groups (broad SMARTS) is 1. The second-order valence-electron chi connectivity index (χ2n) is 4.73. The fourth-order valence-corrected chi connectivity index (χ4v) is 1.86. The zero-order valence-electron chi connectivity index (χ0n) is 13.4. The van der Waals surface area contributed by atoms with E-state index >= 15 is 0 Å². The molecule has 23 heavy (non-hydrogen) atoms. The van der Waals surface area contributed by atoms with Gasteiger partial charge >= 0.3 is 6.09 Å². The van der Waals surface area contributed by atoms with Crippen LogP contribution in [0.25, 0.3) is 0 Å². The van der Waals surface area contributed by atoms with Crippen LogP contribution in [0.4, 0.5) is 4.79 Å². The highest BCUT2D eigenvalue weighted by Gasteiger charge is 2.06. The molecule has 0 fully saturated rings. The average Bonchev–Trinajstić information content (AvgIpc) is 2.52. The average molecular weight is 323 g/mol. The van der Waals surface area contributed by atoms with Gasteiger partial charge in [0.05, 0.1) is 20.6 Å². The predicted molar refractivity (Wildman–Crippen MR) is 85.1 cm³/mol. The highest BCUT2D eigenvalue weighted by molar-refractivity contribution is 5.99. The Morgan fingerprint density at radius 1 is 1.22 bits per heavy atom. The topological polar surface area (TPSA) is 109 Å². The van der Waals surface area contributed by atoms with Crippen LogP contribution in [0, 0.1) is 0 Å². The van der Waals surface area contributed by atoms with Crippen molar-refractivity contribution in [2.45, 2.75) is 19.8 Å². The minimum absolute atomic E-state index is 0.0339. The maximum absolute atomic E-state index is 11.7. The summed E-state index contributed by atoms with van der Waals surface area (Å²) in [5, 5.41) is 14.7. The molecule has 0 aliphatic heterocycles. The van der Waals surface area contributed by atoms with Crippen molar-refractivity contribution in [3.05, 3.63) is 23.8 Å². The van der Waals surface area contributed by atoms with Gasteiger partial charge in [-0.3, -0.25) is 4.79 Å². The molecule has 2 amide bonds. The maximum atomic E-state index is 11.7. The Morgan fingerprint density at radius 2 is 1.91 bits per heavy atom. The van der Waals surface area contributed by atoms with Crippen LogP contribution < -0.4 is 20.2 Å². The number of rotatable bonds is 8. The SMILES string of the molecule is COc1ccc(CCNC(=O)CC(C)=NNC(=O)O)cc1OC. The number of benzene rings is 1. The molecule has 126 valence electrons. The van der Waals surface area contributed by atoms with Gasteiger partial charge in [0, 0.05) is 12.3 Å². The first kappa shape index (κ1) is 18.3. The molecule has 0 atom stereocenters. The summed E-state index contributed by atoms with van der Waals surface area (Å²) in [6.07, 6.45) is -0.597. The number of amides is 2. The van der Waals surface area contributed by atoms with E-state index in [0.717, 1.165) is 5.56 Å². The summed E-state index contributed by atoms with van der Waals surface area (Å²) < 4.78 is 10.4. The zero-order valence-corrected chi connectivity index (χ0v) is 13.4. The van der Waals surface area contributed by atoms with Gasteiger partial charge in [-0.1, -0.05) is 6.07 Å². The van der Waals surface area contributed by atoms with Crippen molar-refractivity contribution >= 4 is 17.7 Å². The third-order valence-electron chi connectivity index (χ3n) is 2.94. The monoisotopic (exact) mass is 323 g/mol. The molecule has 0 saturated heterocycles. The van der Waals surface area contributed by atoms with E-state index in [-0.39, 0.29) is 12.3 Å². The Balaban J connectivity index is 2.43. The fourth-order valence-electron chi connectivity index (χ4n) is 1.86. The quantitative estimate of drug-likeness (QED) is 0.495. The number of hydrogen-bond acceptors (Lipinski definition) is 5. The van der Waals surface area contributed by atoms with Gasteiger partial charge in [0.2, 0.25) is 5.91 Å². The van der Waals surface area contributed by atoms with Crippen LogP contribution in [0.2, 0.25) is 0 Å². The number of ether oxygens (including phenoxy) is 2. The normalized spacial score (nSPS) is 10.8. The summed E-state index contributed by atoms with van der Waals surface area (Å²) in [7, 11) is 3.14. The summed E-state index contributed by atoms with van der Waals surface area (Å²) in [5.74, 6) is 1.07. The third-order valence-corrected chi connectivity index (χ3v) is 2.94. The maximum Gasteiger partial charge on any atom is 0.425 e. The molecule has 1 rings (SSSR count). The molecule has 0 spiro atoms. The number of nitrogens with zero attached hydrogens (tertiary/aromatic N) is 1. The van der Waals surface area contributed by atoms with Crippen molar-refractivity contribution in [1.82, 2.24) is 10.7 Å². The van der Waals surface area contributed by atoms with Crippen molar-refractivity contribution in [2.75, 3.05) is 20.8 Å². The van der Waals surface area contributed by atoms with Crippen LogP contribution in [0.1, 0.15) is 18.9 Å². The second-order valence-corrected chi connectivity index (χ2v) is 4.73. The third kappa shape index (κ3) is 6.68. The first-order valence-electron chi connectivity index (χ1n) is 6.96. The van der Waals surface area contributed by atoms with Crippen molar-refractivity contribution in [2.24, 2.45) is 5.10 Å². The largest absolute Gasteiger partial charge is 0.493 e. The molecule has 0 radical (unpaired) electrons. The molecule has 0 aliphatic carbocycles. The Kier molecular flexibility index (Phi) is 7.38. The molecule has 0 saturated carbocycles. The van der Waals surface area contributed by atoms with Crippen molar-refractivity contribution in [1.29, 1.82) is 0 Å². The lowest BCUT2D eigenvalue weighted by molar-refractivity contribution is -0.119. The van der Waals surface area contributed by atoms with Gasteiger partial charge in [-0.2, -0.15) is 5.10 Å². The van der Waals surface area contributed by atoms with Crippen LogP contribution in [-0.2, 0) is 11.2 Å². The zero-order chi connectivity index (χ0) is 17.2. The number of hydrogen-bond donors (Lipinski definition) is 3. The van der Waals surface area contributed by atoms with Gasteiger partial charge in [-0.15, -0.1) is 0 Å². The van der Waals surface area contributed by atoms with Crippen molar-refractivity contribution < 1.29 is 24.2 Å². The van der Waals surface area contributed by atoms with Gasteiger partial charge in [-0.05, 0) is 31.0 Å². The predicted octanol–water partition coefficient (Wildman–Crippen LogP) is 1.40. The Hall–Kier alpha value is -2.77. The van der Waals surface area contributed by atoms with E-state index < -0.39 is 6.09 Å². The van der Waals surface area contributed by atoms with E-state index in [0.29, 0.717) is 30.2 Å². The number of methoxy groups -OCH3 is 2.